The van der Waals surface area contributed by atoms with Crippen LogP contribution in [0.3, 0.4) is 0 Å². The van der Waals surface area contributed by atoms with E-state index in [2.05, 4.69) is 10.00 Å². The number of nitrogens with zero attached hydrogens (tertiary/aromatic N) is 3. The lowest BCUT2D eigenvalue weighted by atomic mass is 9.78. The summed E-state index contributed by atoms with van der Waals surface area (Å²) in [6.45, 7) is 1.07. The molecule has 0 unspecified atom stereocenters. The van der Waals surface area contributed by atoms with Crippen molar-refractivity contribution in [2.45, 2.75) is 51.1 Å². The van der Waals surface area contributed by atoms with E-state index in [1.54, 1.807) is 10.7 Å². The molecule has 126 valence electrons. The molecular formula is C19H23N3O2. The van der Waals surface area contributed by atoms with E-state index in [-0.39, 0.29) is 17.9 Å². The van der Waals surface area contributed by atoms with Gasteiger partial charge in [-0.2, -0.15) is 5.10 Å². The van der Waals surface area contributed by atoms with Gasteiger partial charge in [0.25, 0.3) is 0 Å². The van der Waals surface area contributed by atoms with Crippen molar-refractivity contribution in [1.29, 1.82) is 0 Å². The molecule has 0 spiro atoms. The number of aromatic nitrogens is 2. The number of fused-ring (bicyclic) bond motifs is 2. The van der Waals surface area contributed by atoms with Crippen LogP contribution in [0, 0.1) is 5.92 Å². The molecule has 4 rings (SSSR count). The molecule has 5 heteroatoms. The molecule has 24 heavy (non-hydrogen) atoms. The van der Waals surface area contributed by atoms with E-state index in [0.717, 1.165) is 24.9 Å². The van der Waals surface area contributed by atoms with Crippen molar-refractivity contribution in [3.8, 4) is 0 Å². The Balaban J connectivity index is 1.60. The third-order valence-electron chi connectivity index (χ3n) is 5.61. The van der Waals surface area contributed by atoms with Crippen LogP contribution in [-0.4, -0.2) is 33.2 Å². The highest BCUT2D eigenvalue weighted by Crippen LogP contribution is 2.35. The monoisotopic (exact) mass is 325 g/mol. The number of benzene rings is 1. The first kappa shape index (κ1) is 15.4. The topological polar surface area (TPSA) is 55.2 Å². The molecule has 1 amide bonds. The van der Waals surface area contributed by atoms with Crippen LogP contribution in [0.4, 0.5) is 0 Å². The molecule has 0 radical (unpaired) electrons. The second-order valence-electron chi connectivity index (χ2n) is 7.02. The van der Waals surface area contributed by atoms with Gasteiger partial charge in [-0.25, -0.2) is 0 Å². The Labute approximate surface area is 141 Å². The van der Waals surface area contributed by atoms with Gasteiger partial charge in [0.2, 0.25) is 11.3 Å². The van der Waals surface area contributed by atoms with Crippen LogP contribution < -0.4 is 5.43 Å². The number of carbonyl (C=O) groups excluding carboxylic acids is 1. The van der Waals surface area contributed by atoms with E-state index < -0.39 is 0 Å². The Hall–Kier alpha value is -2.17. The van der Waals surface area contributed by atoms with Crippen molar-refractivity contribution in [2.24, 2.45) is 5.92 Å². The van der Waals surface area contributed by atoms with Crippen molar-refractivity contribution in [3.05, 3.63) is 40.7 Å². The molecule has 0 N–H and O–H groups in total. The molecular weight excluding hydrogens is 302 g/mol. The maximum absolute atomic E-state index is 12.9. The number of hydrogen-bond donors (Lipinski definition) is 0. The number of likely N-dealkylation sites (tertiary alicyclic amines) is 1. The predicted molar refractivity (Wildman–Crippen MR) is 92.7 cm³/mol. The number of hydrogen-bond acceptors (Lipinski definition) is 3. The summed E-state index contributed by atoms with van der Waals surface area (Å²) in [5, 5.41) is 4.82. The van der Waals surface area contributed by atoms with Crippen LogP contribution >= 0.6 is 0 Å². The minimum Gasteiger partial charge on any atom is -0.338 e. The fraction of sp³-hybridized carbons (Fsp3) is 0.526. The normalized spacial score (nSPS) is 23.9. The zero-order valence-corrected chi connectivity index (χ0v) is 13.9. The highest BCUT2D eigenvalue weighted by molar-refractivity contribution is 5.81. The number of rotatable bonds is 2. The maximum Gasteiger partial charge on any atom is 0.244 e. The van der Waals surface area contributed by atoms with Gasteiger partial charge in [-0.3, -0.25) is 14.3 Å². The molecule has 2 aliphatic rings. The van der Waals surface area contributed by atoms with E-state index in [4.69, 9.17) is 0 Å². The fourth-order valence-corrected chi connectivity index (χ4v) is 4.44. The van der Waals surface area contributed by atoms with Gasteiger partial charge in [0.05, 0.1) is 11.7 Å². The Kier molecular flexibility index (Phi) is 4.08. The third-order valence-corrected chi connectivity index (χ3v) is 5.61. The second-order valence-corrected chi connectivity index (χ2v) is 7.02. The number of para-hydroxylation sites is 1. The molecule has 0 bridgehead atoms. The van der Waals surface area contributed by atoms with E-state index in [1.165, 1.54) is 31.9 Å². The smallest absolute Gasteiger partial charge is 0.244 e. The standard InChI is InChI=1S/C19H23N3O2/c23-18-12-20-22(17-10-4-2-8-15(17)18)13-19(24)21-11-5-7-14-6-1-3-9-16(14)21/h2,4,8,10,12,14,16H,1,3,5-7,9,11,13H2/t14-,16+/m0/s1. The summed E-state index contributed by atoms with van der Waals surface area (Å²) in [4.78, 5) is 27.0. The van der Waals surface area contributed by atoms with Gasteiger partial charge in [0.15, 0.2) is 0 Å². The second kappa shape index (κ2) is 6.38. The van der Waals surface area contributed by atoms with Gasteiger partial charge < -0.3 is 4.90 Å². The minimum absolute atomic E-state index is 0.0976. The lowest BCUT2D eigenvalue weighted by molar-refractivity contribution is -0.138. The molecule has 1 aromatic carbocycles. The Morgan fingerprint density at radius 1 is 1.12 bits per heavy atom. The largest absolute Gasteiger partial charge is 0.338 e. The molecule has 1 saturated heterocycles. The Morgan fingerprint density at radius 2 is 1.92 bits per heavy atom. The summed E-state index contributed by atoms with van der Waals surface area (Å²) in [5.41, 5.74) is 0.634. The maximum atomic E-state index is 12.9. The van der Waals surface area contributed by atoms with Crippen LogP contribution in [0.1, 0.15) is 38.5 Å². The van der Waals surface area contributed by atoms with Crippen LogP contribution in [-0.2, 0) is 11.3 Å². The molecule has 2 fully saturated rings. The lowest BCUT2D eigenvalue weighted by Gasteiger charge is -2.44. The van der Waals surface area contributed by atoms with Crippen molar-refractivity contribution >= 4 is 16.8 Å². The Morgan fingerprint density at radius 3 is 2.83 bits per heavy atom. The number of amides is 1. The summed E-state index contributed by atoms with van der Waals surface area (Å²) >= 11 is 0. The van der Waals surface area contributed by atoms with E-state index >= 15 is 0 Å². The molecule has 1 aliphatic heterocycles. The number of carbonyl (C=O) groups is 1. The highest BCUT2D eigenvalue weighted by atomic mass is 16.2. The molecule has 2 aromatic rings. The molecule has 1 saturated carbocycles. The van der Waals surface area contributed by atoms with Gasteiger partial charge in [-0.1, -0.05) is 25.0 Å². The van der Waals surface area contributed by atoms with Crippen LogP contribution in [0.2, 0.25) is 0 Å². The quantitative estimate of drug-likeness (QED) is 0.853. The summed E-state index contributed by atoms with van der Waals surface area (Å²) in [5.74, 6) is 0.808. The molecule has 1 aliphatic carbocycles. The first-order valence-electron chi connectivity index (χ1n) is 8.98. The van der Waals surface area contributed by atoms with Crippen molar-refractivity contribution in [3.63, 3.8) is 0 Å². The zero-order chi connectivity index (χ0) is 16.5. The fourth-order valence-electron chi connectivity index (χ4n) is 4.44. The van der Waals surface area contributed by atoms with Crippen molar-refractivity contribution < 1.29 is 4.79 Å². The highest BCUT2D eigenvalue weighted by Gasteiger charge is 2.35. The van der Waals surface area contributed by atoms with E-state index in [0.29, 0.717) is 17.3 Å². The summed E-state index contributed by atoms with van der Waals surface area (Å²) in [7, 11) is 0. The molecule has 2 atom stereocenters. The van der Waals surface area contributed by atoms with E-state index in [9.17, 15) is 9.59 Å². The lowest BCUT2D eigenvalue weighted by Crippen LogP contribution is -2.50. The average Bonchev–Trinajstić information content (AvgIpc) is 2.64. The minimum atomic E-state index is -0.0976. The first-order valence-corrected chi connectivity index (χ1v) is 8.98. The summed E-state index contributed by atoms with van der Waals surface area (Å²) < 4.78 is 1.67. The average molecular weight is 325 g/mol. The Bertz CT molecular complexity index is 812. The molecule has 5 nitrogen and oxygen atoms in total. The van der Waals surface area contributed by atoms with Gasteiger partial charge in [-0.05, 0) is 43.7 Å². The summed E-state index contributed by atoms with van der Waals surface area (Å²) in [6.07, 6.45) is 8.59. The first-order chi connectivity index (χ1) is 11.7. The zero-order valence-electron chi connectivity index (χ0n) is 13.9. The van der Waals surface area contributed by atoms with E-state index in [1.807, 2.05) is 18.2 Å². The number of piperidine rings is 1. The van der Waals surface area contributed by atoms with Crippen LogP contribution in [0.25, 0.3) is 10.9 Å². The summed E-state index contributed by atoms with van der Waals surface area (Å²) in [6, 6.07) is 7.77. The molecule has 1 aromatic heterocycles. The van der Waals surface area contributed by atoms with Crippen LogP contribution in [0.5, 0.6) is 0 Å². The predicted octanol–water partition coefficient (Wildman–Crippen LogP) is 2.58. The van der Waals surface area contributed by atoms with Gasteiger partial charge in [-0.15, -0.1) is 0 Å². The molecule has 2 heterocycles. The third kappa shape index (κ3) is 2.72. The van der Waals surface area contributed by atoms with Crippen molar-refractivity contribution in [1.82, 2.24) is 14.7 Å². The van der Waals surface area contributed by atoms with Gasteiger partial charge in [0, 0.05) is 18.0 Å². The van der Waals surface area contributed by atoms with Crippen molar-refractivity contribution in [2.75, 3.05) is 6.54 Å². The van der Waals surface area contributed by atoms with Gasteiger partial charge >= 0.3 is 0 Å². The van der Waals surface area contributed by atoms with Gasteiger partial charge in [0.1, 0.15) is 6.54 Å². The van der Waals surface area contributed by atoms with Crippen LogP contribution in [0.15, 0.2) is 35.3 Å². The SMILES string of the molecule is O=C(Cn1ncc(=O)c2ccccc21)N1CCC[C@@H]2CCCC[C@H]21.